The molecule has 3 aromatic rings. The Bertz CT molecular complexity index is 1060. The number of hydrogen-bond acceptors (Lipinski definition) is 4. The highest BCUT2D eigenvalue weighted by molar-refractivity contribution is 7.89. The molecule has 0 N–H and O–H groups in total. The van der Waals surface area contributed by atoms with Crippen LogP contribution in [-0.2, 0) is 17.1 Å². The normalized spacial score (nSPS) is 16.3. The first kappa shape index (κ1) is 17.0. The summed E-state index contributed by atoms with van der Waals surface area (Å²) in [4.78, 5) is 6.45. The largest absolute Gasteiger partial charge is 0.340 e. The number of aromatic nitrogens is 2. The molecule has 0 unspecified atom stereocenters. The minimum Gasteiger partial charge on any atom is -0.340 e. The van der Waals surface area contributed by atoms with E-state index in [0.29, 0.717) is 26.2 Å². The number of hydrogen-bond donors (Lipinski definition) is 0. The van der Waals surface area contributed by atoms with Gasteiger partial charge in [0.2, 0.25) is 16.0 Å². The van der Waals surface area contributed by atoms with E-state index in [2.05, 4.69) is 9.88 Å². The fourth-order valence-electron chi connectivity index (χ4n) is 3.34. The molecule has 1 aromatic heterocycles. The van der Waals surface area contributed by atoms with Gasteiger partial charge in [0.05, 0.1) is 11.0 Å². The van der Waals surface area contributed by atoms with Crippen LogP contribution in [0.1, 0.15) is 0 Å². The van der Waals surface area contributed by atoms with E-state index >= 15 is 0 Å². The van der Waals surface area contributed by atoms with Gasteiger partial charge in [-0.25, -0.2) is 17.8 Å². The first-order valence-corrected chi connectivity index (χ1v) is 9.83. The summed E-state index contributed by atoms with van der Waals surface area (Å²) in [5.74, 6) is 0.0967. The number of sulfonamides is 1. The zero-order chi connectivity index (χ0) is 18.3. The van der Waals surface area contributed by atoms with Gasteiger partial charge < -0.3 is 9.47 Å². The predicted octanol–water partition coefficient (Wildman–Crippen LogP) is 2.22. The lowest BCUT2D eigenvalue weighted by Crippen LogP contribution is -2.49. The number of halogens is 1. The van der Waals surface area contributed by atoms with Crippen LogP contribution in [0.4, 0.5) is 10.3 Å². The second-order valence-corrected chi connectivity index (χ2v) is 8.19. The quantitative estimate of drug-likeness (QED) is 0.705. The zero-order valence-corrected chi connectivity index (χ0v) is 15.2. The van der Waals surface area contributed by atoms with Gasteiger partial charge >= 0.3 is 0 Å². The van der Waals surface area contributed by atoms with Crippen molar-refractivity contribution in [1.82, 2.24) is 13.9 Å². The van der Waals surface area contributed by atoms with E-state index in [1.54, 1.807) is 0 Å². The molecule has 0 saturated carbocycles. The smallest absolute Gasteiger partial charge is 0.246 e. The molecule has 1 saturated heterocycles. The van der Waals surface area contributed by atoms with Crippen molar-refractivity contribution in [2.45, 2.75) is 4.90 Å². The van der Waals surface area contributed by atoms with Crippen LogP contribution in [0.2, 0.25) is 0 Å². The van der Waals surface area contributed by atoms with Crippen LogP contribution in [0.15, 0.2) is 53.4 Å². The number of para-hydroxylation sites is 2. The van der Waals surface area contributed by atoms with Crippen LogP contribution >= 0.6 is 0 Å². The minimum atomic E-state index is -3.83. The average Bonchev–Trinajstić information content (AvgIpc) is 2.99. The third-order valence-electron chi connectivity index (χ3n) is 4.74. The molecule has 26 heavy (non-hydrogen) atoms. The average molecular weight is 374 g/mol. The Kier molecular flexibility index (Phi) is 4.16. The fourth-order valence-corrected chi connectivity index (χ4v) is 4.82. The molecule has 0 atom stereocenters. The van der Waals surface area contributed by atoms with E-state index in [4.69, 9.17) is 0 Å². The third kappa shape index (κ3) is 2.75. The summed E-state index contributed by atoms with van der Waals surface area (Å²) < 4.78 is 42.7. The molecule has 0 spiro atoms. The van der Waals surface area contributed by atoms with Crippen molar-refractivity contribution in [3.63, 3.8) is 0 Å². The molecular weight excluding hydrogens is 355 g/mol. The van der Waals surface area contributed by atoms with Crippen molar-refractivity contribution in [2.24, 2.45) is 7.05 Å². The Balaban J connectivity index is 1.55. The summed E-state index contributed by atoms with van der Waals surface area (Å²) in [5.41, 5.74) is 1.94. The van der Waals surface area contributed by atoms with E-state index in [1.807, 2.05) is 35.9 Å². The second-order valence-electron chi connectivity index (χ2n) is 6.28. The van der Waals surface area contributed by atoms with E-state index in [1.165, 1.54) is 28.6 Å². The number of benzene rings is 2. The van der Waals surface area contributed by atoms with Gasteiger partial charge in [0, 0.05) is 33.2 Å². The molecule has 0 amide bonds. The van der Waals surface area contributed by atoms with E-state index in [9.17, 15) is 12.8 Å². The van der Waals surface area contributed by atoms with Crippen molar-refractivity contribution in [1.29, 1.82) is 0 Å². The lowest BCUT2D eigenvalue weighted by atomic mass is 10.3. The maximum atomic E-state index is 13.9. The topological polar surface area (TPSA) is 58.4 Å². The molecular formula is C18H19FN4O2S. The molecule has 0 radical (unpaired) electrons. The highest BCUT2D eigenvalue weighted by Crippen LogP contribution is 2.24. The molecule has 136 valence electrons. The van der Waals surface area contributed by atoms with Gasteiger partial charge in [-0.1, -0.05) is 24.3 Å². The molecule has 1 aliphatic heterocycles. The molecule has 1 fully saturated rings. The van der Waals surface area contributed by atoms with Gasteiger partial charge in [-0.05, 0) is 24.3 Å². The molecule has 0 aliphatic carbocycles. The zero-order valence-electron chi connectivity index (χ0n) is 14.3. The summed E-state index contributed by atoms with van der Waals surface area (Å²) in [6, 6.07) is 13.4. The number of fused-ring (bicyclic) bond motifs is 1. The highest BCUT2D eigenvalue weighted by atomic mass is 32.2. The van der Waals surface area contributed by atoms with Crippen LogP contribution in [-0.4, -0.2) is 48.5 Å². The standard InChI is InChI=1S/C18H19FN4O2S/c1-21-16-8-4-3-7-15(16)20-18(21)22-10-12-23(13-11-22)26(24,25)17-9-5-2-6-14(17)19/h2-9H,10-13H2,1H3. The molecule has 6 nitrogen and oxygen atoms in total. The van der Waals surface area contributed by atoms with E-state index < -0.39 is 15.8 Å². The first-order chi connectivity index (χ1) is 12.5. The fraction of sp³-hybridized carbons (Fsp3) is 0.278. The van der Waals surface area contributed by atoms with Crippen molar-refractivity contribution in [3.05, 3.63) is 54.3 Å². The number of imidazole rings is 1. The van der Waals surface area contributed by atoms with Gasteiger partial charge in [-0.3, -0.25) is 0 Å². The van der Waals surface area contributed by atoms with Crippen molar-refractivity contribution in [3.8, 4) is 0 Å². The van der Waals surface area contributed by atoms with Crippen molar-refractivity contribution in [2.75, 3.05) is 31.1 Å². The molecule has 4 rings (SSSR count). The Hall–Kier alpha value is -2.45. The van der Waals surface area contributed by atoms with E-state index in [-0.39, 0.29) is 4.90 Å². The Morgan fingerprint density at radius 2 is 1.62 bits per heavy atom. The van der Waals surface area contributed by atoms with Gasteiger partial charge in [-0.2, -0.15) is 4.31 Å². The van der Waals surface area contributed by atoms with Crippen LogP contribution in [0.5, 0.6) is 0 Å². The van der Waals surface area contributed by atoms with Crippen molar-refractivity contribution < 1.29 is 12.8 Å². The SMILES string of the molecule is Cn1c(N2CCN(S(=O)(=O)c3ccccc3F)CC2)nc2ccccc21. The minimum absolute atomic E-state index is 0.267. The number of rotatable bonds is 3. The summed E-state index contributed by atoms with van der Waals surface area (Å²) in [5, 5.41) is 0. The lowest BCUT2D eigenvalue weighted by molar-refractivity contribution is 0.379. The lowest BCUT2D eigenvalue weighted by Gasteiger charge is -2.34. The summed E-state index contributed by atoms with van der Waals surface area (Å²) in [6.07, 6.45) is 0. The Morgan fingerprint density at radius 3 is 2.31 bits per heavy atom. The van der Waals surface area contributed by atoms with Gasteiger partial charge in [-0.15, -0.1) is 0 Å². The van der Waals surface area contributed by atoms with E-state index in [0.717, 1.165) is 17.0 Å². The van der Waals surface area contributed by atoms with Crippen LogP contribution < -0.4 is 4.90 Å². The Morgan fingerprint density at radius 1 is 0.962 bits per heavy atom. The number of nitrogens with zero attached hydrogens (tertiary/aromatic N) is 4. The number of aryl methyl sites for hydroxylation is 1. The summed E-state index contributed by atoms with van der Waals surface area (Å²) in [7, 11) is -1.88. The maximum absolute atomic E-state index is 13.9. The Labute approximate surface area is 151 Å². The van der Waals surface area contributed by atoms with Crippen molar-refractivity contribution >= 4 is 27.0 Å². The molecule has 1 aliphatic rings. The monoisotopic (exact) mass is 374 g/mol. The van der Waals surface area contributed by atoms with Crippen LogP contribution in [0.3, 0.4) is 0 Å². The molecule has 0 bridgehead atoms. The molecule has 2 heterocycles. The molecule has 8 heteroatoms. The van der Waals surface area contributed by atoms with Gasteiger partial charge in [0.15, 0.2) is 0 Å². The number of anilines is 1. The third-order valence-corrected chi connectivity index (χ3v) is 6.67. The van der Waals surface area contributed by atoms with Gasteiger partial charge in [0.1, 0.15) is 10.7 Å². The summed E-state index contributed by atoms with van der Waals surface area (Å²) in [6.45, 7) is 1.59. The highest BCUT2D eigenvalue weighted by Gasteiger charge is 2.31. The van der Waals surface area contributed by atoms with Crippen LogP contribution in [0.25, 0.3) is 11.0 Å². The molecule has 2 aromatic carbocycles. The summed E-state index contributed by atoms with van der Waals surface area (Å²) >= 11 is 0. The van der Waals surface area contributed by atoms with Gasteiger partial charge in [0.25, 0.3) is 0 Å². The first-order valence-electron chi connectivity index (χ1n) is 8.39. The number of piperazine rings is 1. The predicted molar refractivity (Wildman–Crippen MR) is 98.1 cm³/mol. The maximum Gasteiger partial charge on any atom is 0.246 e. The second kappa shape index (κ2) is 6.37. The van der Waals surface area contributed by atoms with Crippen LogP contribution in [0, 0.1) is 5.82 Å².